The molecule has 1 fully saturated rings. The molecule has 0 aliphatic carbocycles. The number of nitrogens with one attached hydrogen (secondary N) is 2. The summed E-state index contributed by atoms with van der Waals surface area (Å²) < 4.78 is 71.9. The molecule has 224 valence electrons. The third-order valence-electron chi connectivity index (χ3n) is 7.14. The zero-order valence-electron chi connectivity index (χ0n) is 24.0. The largest absolute Gasteiger partial charge is 0.419 e. The number of rotatable bonds is 9. The van der Waals surface area contributed by atoms with Crippen molar-refractivity contribution in [3.8, 4) is 16.9 Å². The molecule has 4 heterocycles. The number of halogens is 3. The molecule has 1 saturated heterocycles. The normalized spacial score (nSPS) is 15.5. The molecule has 6 radical (unpaired) electrons. The number of benzene rings is 1. The summed E-state index contributed by atoms with van der Waals surface area (Å²) in [4.78, 5) is 8.15. The molecule has 3 aromatic heterocycles. The second-order valence-electron chi connectivity index (χ2n) is 10.7. The summed E-state index contributed by atoms with van der Waals surface area (Å²) in [5, 5.41) is 12.6. The van der Waals surface area contributed by atoms with Gasteiger partial charge in [0.15, 0.2) is 5.03 Å². The van der Waals surface area contributed by atoms with E-state index in [4.69, 9.17) is 23.5 Å². The van der Waals surface area contributed by atoms with Gasteiger partial charge in [-0.15, -0.1) is 0 Å². The minimum absolute atomic E-state index is 0.00407. The zero-order chi connectivity index (χ0) is 31.9. The number of aromatic nitrogens is 6. The van der Waals surface area contributed by atoms with Crippen LogP contribution in [0.2, 0.25) is 0 Å². The molecule has 0 amide bonds. The van der Waals surface area contributed by atoms with E-state index >= 15 is 0 Å². The fourth-order valence-corrected chi connectivity index (χ4v) is 6.30. The Hall–Kier alpha value is -3.63. The summed E-state index contributed by atoms with van der Waals surface area (Å²) in [6, 6.07) is 6.60. The highest BCUT2D eigenvalue weighted by Gasteiger charge is 2.36. The number of nitrogens with zero attached hydrogens (tertiary/aromatic N) is 7. The Morgan fingerprint density at radius 1 is 1.09 bits per heavy atom. The molecule has 1 aliphatic rings. The summed E-state index contributed by atoms with van der Waals surface area (Å²) in [7, 11) is 14.6. The molecule has 1 aliphatic heterocycles. The maximum atomic E-state index is 14.0. The summed E-state index contributed by atoms with van der Waals surface area (Å²) >= 11 is 0. The van der Waals surface area contributed by atoms with Gasteiger partial charge in [0.2, 0.25) is 5.95 Å². The van der Waals surface area contributed by atoms with Crippen molar-refractivity contribution < 1.29 is 21.6 Å². The Morgan fingerprint density at radius 3 is 2.43 bits per heavy atom. The van der Waals surface area contributed by atoms with E-state index in [0.29, 0.717) is 25.1 Å². The minimum Gasteiger partial charge on any atom is -0.351 e. The molecule has 0 unspecified atom stereocenters. The maximum absolute atomic E-state index is 14.0. The molecule has 0 atom stereocenters. The standard InChI is InChI=1S/C26H27B3F3N9O2S/c1-16-11-17(12-34-26(27,28)29)3-4-21(16)41-15-18(13-35-41)23-20(25(30,31)32)14-33-24(37-23)36-19-5-9-40(10-6-19)44(42,43)22-7-8-39(2)38-22/h3-4,7-8,11,13-15,19,34H,5-6,9-10,12H2,1-2H3,(H,33,36,37). The first-order valence-corrected chi connectivity index (χ1v) is 15.0. The third kappa shape index (κ3) is 7.19. The molecule has 18 heteroatoms. The highest BCUT2D eigenvalue weighted by Crippen LogP contribution is 2.36. The zero-order valence-corrected chi connectivity index (χ0v) is 24.8. The van der Waals surface area contributed by atoms with Crippen LogP contribution in [0.4, 0.5) is 19.1 Å². The fraction of sp³-hybridized carbons (Fsp3) is 0.385. The highest BCUT2D eigenvalue weighted by atomic mass is 32.2. The predicted octanol–water partition coefficient (Wildman–Crippen LogP) is 1.86. The van der Waals surface area contributed by atoms with Gasteiger partial charge < -0.3 is 10.6 Å². The van der Waals surface area contributed by atoms with Crippen LogP contribution >= 0.6 is 0 Å². The van der Waals surface area contributed by atoms with Crippen LogP contribution in [-0.2, 0) is 29.8 Å². The van der Waals surface area contributed by atoms with E-state index in [-0.39, 0.29) is 41.4 Å². The van der Waals surface area contributed by atoms with Crippen LogP contribution in [0.25, 0.3) is 16.9 Å². The van der Waals surface area contributed by atoms with Crippen molar-refractivity contribution in [3.63, 3.8) is 0 Å². The van der Waals surface area contributed by atoms with Crippen molar-refractivity contribution in [1.82, 2.24) is 39.2 Å². The van der Waals surface area contributed by atoms with Gasteiger partial charge in [-0.2, -0.15) is 27.7 Å². The first kappa shape index (κ1) is 31.8. The monoisotopic (exact) mass is 619 g/mol. The molecule has 1 aromatic carbocycles. The summed E-state index contributed by atoms with van der Waals surface area (Å²) in [6.45, 7) is 2.55. The summed E-state index contributed by atoms with van der Waals surface area (Å²) in [6.07, 6.45) is 1.15. The molecular formula is C26H27B3F3N9O2S. The SMILES string of the molecule is [B]C([B])([B])NCc1ccc(-n2cc(-c3nc(NC4CCN(S(=O)(=O)c5ccn(C)n5)CC4)ncc3C(F)(F)F)cn2)c(C)c1. The Bertz CT molecular complexity index is 1750. The van der Waals surface area contributed by atoms with E-state index in [1.54, 1.807) is 25.4 Å². The molecular weight excluding hydrogens is 592 g/mol. The van der Waals surface area contributed by atoms with Gasteiger partial charge in [0.1, 0.15) is 5.56 Å². The molecule has 0 spiro atoms. The lowest BCUT2D eigenvalue weighted by molar-refractivity contribution is -0.137. The van der Waals surface area contributed by atoms with Crippen LogP contribution in [0.3, 0.4) is 0 Å². The van der Waals surface area contributed by atoms with Gasteiger partial charge in [-0.05, 0) is 43.0 Å². The number of hydrogen-bond donors (Lipinski definition) is 2. The van der Waals surface area contributed by atoms with Gasteiger partial charge in [-0.3, -0.25) is 4.68 Å². The molecule has 44 heavy (non-hydrogen) atoms. The first-order valence-electron chi connectivity index (χ1n) is 13.6. The van der Waals surface area contributed by atoms with Crippen molar-refractivity contribution in [3.05, 3.63) is 65.7 Å². The Kier molecular flexibility index (Phi) is 8.70. The van der Waals surface area contributed by atoms with E-state index in [2.05, 4.69) is 30.8 Å². The second-order valence-corrected chi connectivity index (χ2v) is 12.6. The fourth-order valence-electron chi connectivity index (χ4n) is 4.88. The minimum atomic E-state index is -4.71. The number of hydrogen-bond acceptors (Lipinski definition) is 8. The van der Waals surface area contributed by atoms with Gasteiger partial charge in [-0.1, -0.05) is 17.4 Å². The highest BCUT2D eigenvalue weighted by molar-refractivity contribution is 7.89. The van der Waals surface area contributed by atoms with Gasteiger partial charge in [0.25, 0.3) is 10.0 Å². The molecule has 0 bridgehead atoms. The average Bonchev–Trinajstić information content (AvgIpc) is 3.61. The van der Waals surface area contributed by atoms with Crippen molar-refractivity contribution >= 4 is 39.5 Å². The van der Waals surface area contributed by atoms with E-state index in [9.17, 15) is 21.6 Å². The summed E-state index contributed by atoms with van der Waals surface area (Å²) in [5.41, 5.74) is 1.09. The van der Waals surface area contributed by atoms with E-state index in [1.165, 1.54) is 32.1 Å². The Balaban J connectivity index is 1.33. The number of piperidine rings is 1. The molecule has 11 nitrogen and oxygen atoms in total. The number of alkyl halides is 3. The smallest absolute Gasteiger partial charge is 0.351 e. The second kappa shape index (κ2) is 12.0. The van der Waals surface area contributed by atoms with Crippen molar-refractivity contribution in [2.75, 3.05) is 18.4 Å². The van der Waals surface area contributed by atoms with E-state index < -0.39 is 27.0 Å². The van der Waals surface area contributed by atoms with Crippen molar-refractivity contribution in [1.29, 1.82) is 0 Å². The van der Waals surface area contributed by atoms with Gasteiger partial charge in [0.05, 0.1) is 41.1 Å². The van der Waals surface area contributed by atoms with Gasteiger partial charge in [-0.25, -0.2) is 23.1 Å². The van der Waals surface area contributed by atoms with Gasteiger partial charge >= 0.3 is 6.18 Å². The first-order chi connectivity index (χ1) is 20.6. The van der Waals surface area contributed by atoms with Crippen LogP contribution in [0.1, 0.15) is 29.5 Å². The lowest BCUT2D eigenvalue weighted by atomic mass is 9.49. The summed E-state index contributed by atoms with van der Waals surface area (Å²) in [5.74, 6) is -0.00407. The van der Waals surface area contributed by atoms with Crippen LogP contribution in [0.15, 0.2) is 54.1 Å². The lowest BCUT2D eigenvalue weighted by Gasteiger charge is -2.31. The Morgan fingerprint density at radius 2 is 1.82 bits per heavy atom. The molecule has 5 rings (SSSR count). The quantitative estimate of drug-likeness (QED) is 0.273. The van der Waals surface area contributed by atoms with Crippen molar-refractivity contribution in [2.45, 2.75) is 48.8 Å². The lowest BCUT2D eigenvalue weighted by Crippen LogP contribution is -2.46. The average molecular weight is 619 g/mol. The third-order valence-corrected chi connectivity index (χ3v) is 8.93. The molecule has 0 saturated carbocycles. The number of aryl methyl sites for hydroxylation is 2. The van der Waals surface area contributed by atoms with E-state index in [0.717, 1.165) is 17.3 Å². The van der Waals surface area contributed by atoms with Crippen LogP contribution in [0.5, 0.6) is 0 Å². The number of anilines is 1. The Labute approximate surface area is 256 Å². The van der Waals surface area contributed by atoms with Crippen molar-refractivity contribution in [2.24, 2.45) is 7.05 Å². The topological polar surface area (TPSA) is 123 Å². The molecule has 2 N–H and O–H groups in total. The van der Waals surface area contributed by atoms with Gasteiger partial charge in [0, 0.05) is 56.9 Å². The van der Waals surface area contributed by atoms with Crippen LogP contribution in [-0.4, -0.2) is 90.2 Å². The predicted molar refractivity (Wildman–Crippen MR) is 160 cm³/mol. The van der Waals surface area contributed by atoms with E-state index in [1.807, 2.05) is 13.0 Å². The van der Waals surface area contributed by atoms with Crippen LogP contribution in [0, 0.1) is 6.92 Å². The maximum Gasteiger partial charge on any atom is 0.419 e. The van der Waals surface area contributed by atoms with Crippen LogP contribution < -0.4 is 10.6 Å². The molecule has 4 aromatic rings. The number of sulfonamides is 1.